The van der Waals surface area contributed by atoms with Crippen molar-refractivity contribution in [2.75, 3.05) is 18.0 Å². The van der Waals surface area contributed by atoms with Gasteiger partial charge in [-0.25, -0.2) is 0 Å². The van der Waals surface area contributed by atoms with E-state index in [-0.39, 0.29) is 11.6 Å². The Kier molecular flexibility index (Phi) is 3.82. The van der Waals surface area contributed by atoms with E-state index >= 15 is 0 Å². The van der Waals surface area contributed by atoms with Crippen molar-refractivity contribution in [1.82, 2.24) is 5.32 Å². The Morgan fingerprint density at radius 3 is 2.84 bits per heavy atom. The van der Waals surface area contributed by atoms with Crippen molar-refractivity contribution in [3.63, 3.8) is 0 Å². The third-order valence-corrected chi connectivity index (χ3v) is 3.91. The largest absolute Gasteiger partial charge is 0.360 e. The van der Waals surface area contributed by atoms with Gasteiger partial charge in [0, 0.05) is 24.3 Å². The molecule has 1 heterocycles. The molecule has 3 nitrogen and oxygen atoms in total. The standard InChI is InChI=1S/C16H23N3/c1-12-5-6-13(2)15(9-12)19-14(7-8-17)10-18-11-16(19,3)4/h5-6,9,14,18H,7,10-11H2,1-4H3. The van der Waals surface area contributed by atoms with Gasteiger partial charge in [-0.05, 0) is 44.9 Å². The first-order valence-corrected chi connectivity index (χ1v) is 6.90. The lowest BCUT2D eigenvalue weighted by Crippen LogP contribution is -2.63. The maximum Gasteiger partial charge on any atom is 0.0643 e. The Balaban J connectivity index is 2.46. The van der Waals surface area contributed by atoms with Gasteiger partial charge >= 0.3 is 0 Å². The lowest BCUT2D eigenvalue weighted by atomic mass is 9.92. The van der Waals surface area contributed by atoms with Crippen LogP contribution in [0.2, 0.25) is 0 Å². The monoisotopic (exact) mass is 257 g/mol. The first-order chi connectivity index (χ1) is 8.95. The summed E-state index contributed by atoms with van der Waals surface area (Å²) in [5.74, 6) is 0. The molecule has 1 atom stereocenters. The van der Waals surface area contributed by atoms with E-state index in [1.165, 1.54) is 16.8 Å². The fraction of sp³-hybridized carbons (Fsp3) is 0.562. The van der Waals surface area contributed by atoms with Gasteiger partial charge < -0.3 is 10.2 Å². The second-order valence-electron chi connectivity index (χ2n) is 6.12. The molecule has 3 heteroatoms. The van der Waals surface area contributed by atoms with Crippen LogP contribution in [0.3, 0.4) is 0 Å². The second kappa shape index (κ2) is 5.22. The highest BCUT2D eigenvalue weighted by molar-refractivity contribution is 5.58. The van der Waals surface area contributed by atoms with E-state index in [0.29, 0.717) is 6.42 Å². The molecule has 1 unspecified atom stereocenters. The molecular weight excluding hydrogens is 234 g/mol. The van der Waals surface area contributed by atoms with Gasteiger partial charge in [-0.2, -0.15) is 5.26 Å². The second-order valence-corrected chi connectivity index (χ2v) is 6.12. The van der Waals surface area contributed by atoms with Crippen LogP contribution in [0.4, 0.5) is 5.69 Å². The SMILES string of the molecule is Cc1ccc(C)c(N2C(CC#N)CNCC2(C)C)c1. The van der Waals surface area contributed by atoms with E-state index < -0.39 is 0 Å². The smallest absolute Gasteiger partial charge is 0.0643 e. The van der Waals surface area contributed by atoms with E-state index in [0.717, 1.165) is 13.1 Å². The van der Waals surface area contributed by atoms with Crippen molar-refractivity contribution >= 4 is 5.69 Å². The lowest BCUT2D eigenvalue weighted by Gasteiger charge is -2.50. The number of nitriles is 1. The normalized spacial score (nSPS) is 22.1. The summed E-state index contributed by atoms with van der Waals surface area (Å²) in [5.41, 5.74) is 3.85. The predicted molar refractivity (Wildman–Crippen MR) is 79.4 cm³/mol. The van der Waals surface area contributed by atoms with Gasteiger partial charge in [-0.1, -0.05) is 12.1 Å². The van der Waals surface area contributed by atoms with E-state index in [9.17, 15) is 0 Å². The Hall–Kier alpha value is -1.53. The van der Waals surface area contributed by atoms with Crippen LogP contribution in [0.15, 0.2) is 18.2 Å². The maximum atomic E-state index is 9.07. The minimum Gasteiger partial charge on any atom is -0.360 e. The number of benzene rings is 1. The van der Waals surface area contributed by atoms with Gasteiger partial charge in [0.25, 0.3) is 0 Å². The van der Waals surface area contributed by atoms with E-state index in [1.807, 2.05) is 0 Å². The van der Waals surface area contributed by atoms with Crippen LogP contribution in [0.1, 0.15) is 31.4 Å². The fourth-order valence-corrected chi connectivity index (χ4v) is 2.99. The molecule has 0 aliphatic carbocycles. The van der Waals surface area contributed by atoms with E-state index in [1.54, 1.807) is 0 Å². The zero-order chi connectivity index (χ0) is 14.0. The molecule has 0 spiro atoms. The van der Waals surface area contributed by atoms with Gasteiger partial charge in [0.1, 0.15) is 0 Å². The van der Waals surface area contributed by atoms with E-state index in [2.05, 4.69) is 62.2 Å². The molecule has 19 heavy (non-hydrogen) atoms. The first-order valence-electron chi connectivity index (χ1n) is 6.90. The summed E-state index contributed by atoms with van der Waals surface area (Å²) in [6.07, 6.45) is 0.559. The number of nitrogens with one attached hydrogen (secondary N) is 1. The molecule has 0 amide bonds. The van der Waals surface area contributed by atoms with Gasteiger partial charge in [0.15, 0.2) is 0 Å². The number of hydrogen-bond donors (Lipinski definition) is 1. The Bertz CT molecular complexity index is 499. The van der Waals surface area contributed by atoms with Crippen LogP contribution in [0.5, 0.6) is 0 Å². The van der Waals surface area contributed by atoms with Crippen LogP contribution < -0.4 is 10.2 Å². The van der Waals surface area contributed by atoms with Crippen LogP contribution in [-0.4, -0.2) is 24.7 Å². The number of rotatable bonds is 2. The summed E-state index contributed by atoms with van der Waals surface area (Å²) in [5, 5.41) is 12.5. The molecule has 0 bridgehead atoms. The summed E-state index contributed by atoms with van der Waals surface area (Å²) in [7, 11) is 0. The Morgan fingerprint density at radius 1 is 1.42 bits per heavy atom. The first kappa shape index (κ1) is 13.9. The highest BCUT2D eigenvalue weighted by Gasteiger charge is 2.36. The average Bonchev–Trinajstić information content (AvgIpc) is 2.33. The molecule has 1 aliphatic rings. The zero-order valence-electron chi connectivity index (χ0n) is 12.3. The zero-order valence-corrected chi connectivity index (χ0v) is 12.3. The quantitative estimate of drug-likeness (QED) is 0.885. The van der Waals surface area contributed by atoms with Crippen molar-refractivity contribution in [3.8, 4) is 6.07 Å². The van der Waals surface area contributed by atoms with Crippen molar-refractivity contribution in [2.24, 2.45) is 0 Å². The summed E-state index contributed by atoms with van der Waals surface area (Å²) >= 11 is 0. The molecule has 1 aliphatic heterocycles. The average molecular weight is 257 g/mol. The molecule has 1 fully saturated rings. The third-order valence-electron chi connectivity index (χ3n) is 3.91. The number of hydrogen-bond acceptors (Lipinski definition) is 3. The number of nitrogens with zero attached hydrogens (tertiary/aromatic N) is 2. The van der Waals surface area contributed by atoms with Crippen molar-refractivity contribution < 1.29 is 0 Å². The van der Waals surface area contributed by atoms with Crippen LogP contribution in [0, 0.1) is 25.2 Å². The molecule has 1 N–H and O–H groups in total. The summed E-state index contributed by atoms with van der Waals surface area (Å²) in [6.45, 7) is 10.6. The molecule has 1 saturated heterocycles. The van der Waals surface area contributed by atoms with Gasteiger partial charge in [0.2, 0.25) is 0 Å². The molecule has 0 saturated carbocycles. The maximum absolute atomic E-state index is 9.07. The Labute approximate surface area is 116 Å². The predicted octanol–water partition coefficient (Wildman–Crippen LogP) is 2.77. The minimum atomic E-state index is 0.0261. The molecular formula is C16H23N3. The lowest BCUT2D eigenvalue weighted by molar-refractivity contribution is 0.324. The highest BCUT2D eigenvalue weighted by atomic mass is 15.3. The number of aryl methyl sites for hydroxylation is 2. The van der Waals surface area contributed by atoms with Crippen LogP contribution in [0.25, 0.3) is 0 Å². The van der Waals surface area contributed by atoms with Gasteiger partial charge in [-0.3, -0.25) is 0 Å². The van der Waals surface area contributed by atoms with Crippen LogP contribution >= 0.6 is 0 Å². The Morgan fingerprint density at radius 2 is 2.16 bits per heavy atom. The molecule has 0 aromatic heterocycles. The third kappa shape index (κ3) is 2.74. The fourth-order valence-electron chi connectivity index (χ4n) is 2.99. The molecule has 0 radical (unpaired) electrons. The molecule has 1 aromatic rings. The molecule has 2 rings (SSSR count). The van der Waals surface area contributed by atoms with Crippen molar-refractivity contribution in [1.29, 1.82) is 5.26 Å². The summed E-state index contributed by atoms with van der Waals surface area (Å²) in [6, 6.07) is 9.13. The van der Waals surface area contributed by atoms with Gasteiger partial charge in [0.05, 0.1) is 18.5 Å². The van der Waals surface area contributed by atoms with Gasteiger partial charge in [-0.15, -0.1) is 0 Å². The topological polar surface area (TPSA) is 39.1 Å². The van der Waals surface area contributed by atoms with E-state index in [4.69, 9.17) is 5.26 Å². The minimum absolute atomic E-state index is 0.0261. The van der Waals surface area contributed by atoms with Crippen molar-refractivity contribution in [2.45, 2.75) is 45.7 Å². The summed E-state index contributed by atoms with van der Waals surface area (Å²) in [4.78, 5) is 2.44. The van der Waals surface area contributed by atoms with Crippen molar-refractivity contribution in [3.05, 3.63) is 29.3 Å². The van der Waals surface area contributed by atoms with Crippen LogP contribution in [-0.2, 0) is 0 Å². The highest BCUT2D eigenvalue weighted by Crippen LogP contribution is 2.32. The number of anilines is 1. The summed E-state index contributed by atoms with van der Waals surface area (Å²) < 4.78 is 0. The molecule has 1 aromatic carbocycles. The number of piperazine rings is 1. The molecule has 102 valence electrons.